The summed E-state index contributed by atoms with van der Waals surface area (Å²) in [5, 5.41) is 2.19. The van der Waals surface area contributed by atoms with Gasteiger partial charge in [0.05, 0.1) is 6.04 Å². The second-order valence-electron chi connectivity index (χ2n) is 5.48. The Bertz CT molecular complexity index is 623. The minimum Gasteiger partial charge on any atom is -0.349 e. The van der Waals surface area contributed by atoms with Gasteiger partial charge in [0.15, 0.2) is 0 Å². The van der Waals surface area contributed by atoms with Gasteiger partial charge in [0.2, 0.25) is 0 Å². The Hall–Kier alpha value is -0.940. The molecule has 0 aliphatic carbocycles. The van der Waals surface area contributed by atoms with E-state index in [2.05, 4.69) is 58.0 Å². The van der Waals surface area contributed by atoms with Crippen LogP contribution in [0.25, 0.3) is 0 Å². The van der Waals surface area contributed by atoms with E-state index in [-0.39, 0.29) is 0 Å². The molecule has 1 aliphatic rings. The van der Waals surface area contributed by atoms with Crippen LogP contribution in [-0.4, -0.2) is 16.5 Å². The smallest absolute Gasteiger partial charge is 0.134 e. The number of hydrogen-bond acceptors (Lipinski definition) is 4. The molecule has 0 saturated heterocycles. The number of fused-ring (bicyclic) bond motifs is 1. The number of thiophene rings is 1. The van der Waals surface area contributed by atoms with Gasteiger partial charge in [-0.1, -0.05) is 13.8 Å². The first-order chi connectivity index (χ1) is 9.56. The Morgan fingerprint density at radius 1 is 1.40 bits per heavy atom. The van der Waals surface area contributed by atoms with Crippen LogP contribution in [-0.2, 0) is 6.42 Å². The highest BCUT2D eigenvalue weighted by atomic mass is 79.9. The van der Waals surface area contributed by atoms with Crippen LogP contribution in [0.4, 0.5) is 5.82 Å². The molecule has 0 saturated carbocycles. The maximum absolute atomic E-state index is 4.75. The summed E-state index contributed by atoms with van der Waals surface area (Å²) in [4.78, 5) is 13.1. The zero-order valence-electron chi connectivity index (χ0n) is 11.9. The minimum atomic E-state index is 0.336. The maximum atomic E-state index is 4.75. The summed E-state index contributed by atoms with van der Waals surface area (Å²) < 4.78 is 0.870. The van der Waals surface area contributed by atoms with Crippen molar-refractivity contribution in [3.8, 4) is 0 Å². The Balaban J connectivity index is 1.98. The summed E-state index contributed by atoms with van der Waals surface area (Å²) in [7, 11) is 0. The van der Waals surface area contributed by atoms with Gasteiger partial charge < -0.3 is 4.90 Å². The van der Waals surface area contributed by atoms with Crippen molar-refractivity contribution >= 4 is 33.1 Å². The molecule has 20 heavy (non-hydrogen) atoms. The van der Waals surface area contributed by atoms with E-state index in [1.807, 2.05) is 17.4 Å². The molecular weight excluding hydrogens is 334 g/mol. The topological polar surface area (TPSA) is 29.0 Å². The second kappa shape index (κ2) is 5.45. The van der Waals surface area contributed by atoms with Gasteiger partial charge in [-0.05, 0) is 46.3 Å². The molecule has 106 valence electrons. The lowest BCUT2D eigenvalue weighted by Gasteiger charge is -2.34. The molecular formula is C15H18BrN3S. The third-order valence-corrected chi connectivity index (χ3v) is 5.19. The molecule has 3 heterocycles. The van der Waals surface area contributed by atoms with Crippen LogP contribution in [0.2, 0.25) is 0 Å². The lowest BCUT2D eigenvalue weighted by atomic mass is 10.0. The van der Waals surface area contributed by atoms with Gasteiger partial charge in [-0.2, -0.15) is 0 Å². The van der Waals surface area contributed by atoms with E-state index in [1.54, 1.807) is 0 Å². The summed E-state index contributed by atoms with van der Waals surface area (Å²) in [6, 6.07) is 4.66. The van der Waals surface area contributed by atoms with Crippen LogP contribution in [0.1, 0.15) is 49.0 Å². The Kier molecular flexibility index (Phi) is 3.82. The number of halogens is 1. The largest absolute Gasteiger partial charge is 0.349 e. The van der Waals surface area contributed by atoms with Gasteiger partial charge in [-0.3, -0.25) is 0 Å². The van der Waals surface area contributed by atoms with Crippen LogP contribution in [0.15, 0.2) is 22.1 Å². The third-order valence-electron chi connectivity index (χ3n) is 3.79. The molecule has 3 rings (SSSR count). The van der Waals surface area contributed by atoms with Crippen molar-refractivity contribution in [2.45, 2.75) is 39.2 Å². The molecule has 5 heteroatoms. The SMILES string of the molecule is CC(C)c1nc(Br)cc(N2CCc3sccc3C2C)n1. The number of nitrogens with zero attached hydrogens (tertiary/aromatic N) is 3. The van der Waals surface area contributed by atoms with E-state index in [4.69, 9.17) is 4.98 Å². The molecule has 3 nitrogen and oxygen atoms in total. The fourth-order valence-corrected chi connectivity index (χ4v) is 4.00. The molecule has 0 N–H and O–H groups in total. The van der Waals surface area contributed by atoms with Crippen molar-refractivity contribution in [1.82, 2.24) is 9.97 Å². The van der Waals surface area contributed by atoms with Crippen molar-refractivity contribution in [2.75, 3.05) is 11.4 Å². The van der Waals surface area contributed by atoms with Crippen molar-refractivity contribution in [3.63, 3.8) is 0 Å². The van der Waals surface area contributed by atoms with E-state index in [9.17, 15) is 0 Å². The molecule has 0 bridgehead atoms. The van der Waals surface area contributed by atoms with E-state index < -0.39 is 0 Å². The van der Waals surface area contributed by atoms with Crippen molar-refractivity contribution in [1.29, 1.82) is 0 Å². The van der Waals surface area contributed by atoms with Gasteiger partial charge in [-0.25, -0.2) is 9.97 Å². The van der Waals surface area contributed by atoms with Gasteiger partial charge in [0.25, 0.3) is 0 Å². The normalized spacial score (nSPS) is 18.4. The molecule has 2 aromatic rings. The van der Waals surface area contributed by atoms with Crippen LogP contribution in [0.5, 0.6) is 0 Å². The van der Waals surface area contributed by atoms with Crippen molar-refractivity contribution in [2.24, 2.45) is 0 Å². The molecule has 2 aromatic heterocycles. The summed E-state index contributed by atoms with van der Waals surface area (Å²) in [6.45, 7) is 7.54. The average molecular weight is 352 g/mol. The first kappa shape index (κ1) is 14.0. The second-order valence-corrected chi connectivity index (χ2v) is 7.29. The molecule has 0 amide bonds. The highest BCUT2D eigenvalue weighted by Crippen LogP contribution is 2.36. The summed E-state index contributed by atoms with van der Waals surface area (Å²) in [5.74, 6) is 2.26. The standard InChI is InChI=1S/C15H18BrN3S/c1-9(2)15-17-13(16)8-14(18-15)19-6-4-12-11(10(19)3)5-7-20-12/h5,7-10H,4,6H2,1-3H3. The predicted octanol–water partition coefficient (Wildman–Crippen LogP) is 4.55. The van der Waals surface area contributed by atoms with Crippen molar-refractivity contribution in [3.05, 3.63) is 38.4 Å². The number of rotatable bonds is 2. The van der Waals surface area contributed by atoms with Crippen LogP contribution in [0.3, 0.4) is 0 Å². The molecule has 0 aromatic carbocycles. The average Bonchev–Trinajstić information content (AvgIpc) is 2.87. The molecule has 0 radical (unpaired) electrons. The Labute approximate surface area is 132 Å². The van der Waals surface area contributed by atoms with Crippen molar-refractivity contribution < 1.29 is 0 Å². The van der Waals surface area contributed by atoms with Gasteiger partial charge in [0, 0.05) is 23.4 Å². The molecule has 0 fully saturated rings. The molecule has 1 aliphatic heterocycles. The van der Waals surface area contributed by atoms with Gasteiger partial charge >= 0.3 is 0 Å². The lowest BCUT2D eigenvalue weighted by Crippen LogP contribution is -2.34. The molecule has 1 unspecified atom stereocenters. The quantitative estimate of drug-likeness (QED) is 0.743. The Morgan fingerprint density at radius 2 is 2.20 bits per heavy atom. The maximum Gasteiger partial charge on any atom is 0.134 e. The van der Waals surface area contributed by atoms with Crippen LogP contribution >= 0.6 is 27.3 Å². The summed E-state index contributed by atoms with van der Waals surface area (Å²) in [5.41, 5.74) is 1.45. The van der Waals surface area contributed by atoms with Crippen LogP contribution in [0, 0.1) is 0 Å². The molecule has 1 atom stereocenters. The van der Waals surface area contributed by atoms with E-state index >= 15 is 0 Å². The fraction of sp³-hybridized carbons (Fsp3) is 0.467. The number of hydrogen-bond donors (Lipinski definition) is 0. The molecule has 0 spiro atoms. The fourth-order valence-electron chi connectivity index (χ4n) is 2.65. The predicted molar refractivity (Wildman–Crippen MR) is 87.6 cm³/mol. The third kappa shape index (κ3) is 2.49. The summed E-state index contributed by atoms with van der Waals surface area (Å²) in [6.07, 6.45) is 1.11. The zero-order chi connectivity index (χ0) is 14.3. The highest BCUT2D eigenvalue weighted by Gasteiger charge is 2.26. The minimum absolute atomic E-state index is 0.336. The number of aromatic nitrogens is 2. The van der Waals surface area contributed by atoms with Gasteiger partial charge in [0.1, 0.15) is 16.2 Å². The first-order valence-electron chi connectivity index (χ1n) is 6.93. The van der Waals surface area contributed by atoms with Gasteiger partial charge in [-0.15, -0.1) is 11.3 Å². The monoisotopic (exact) mass is 351 g/mol. The Morgan fingerprint density at radius 3 is 2.95 bits per heavy atom. The van der Waals surface area contributed by atoms with Crippen LogP contribution < -0.4 is 4.90 Å². The van der Waals surface area contributed by atoms with E-state index in [0.717, 1.165) is 29.2 Å². The van der Waals surface area contributed by atoms with E-state index in [1.165, 1.54) is 10.4 Å². The summed E-state index contributed by atoms with van der Waals surface area (Å²) >= 11 is 5.39. The lowest BCUT2D eigenvalue weighted by molar-refractivity contribution is 0.618. The van der Waals surface area contributed by atoms with E-state index in [0.29, 0.717) is 12.0 Å². The highest BCUT2D eigenvalue weighted by molar-refractivity contribution is 9.10. The zero-order valence-corrected chi connectivity index (χ0v) is 14.3. The first-order valence-corrected chi connectivity index (χ1v) is 8.61. The number of anilines is 1.